The summed E-state index contributed by atoms with van der Waals surface area (Å²) in [6.07, 6.45) is 81.1. The Hall–Kier alpha value is -2.81. The number of quaternary nitrogens is 1. The van der Waals surface area contributed by atoms with E-state index in [4.69, 9.17) is 18.5 Å². The highest BCUT2D eigenvalue weighted by Gasteiger charge is 2.27. The van der Waals surface area contributed by atoms with E-state index in [-0.39, 0.29) is 32.0 Å². The molecule has 0 amide bonds. The number of phosphoric ester groups is 1. The molecule has 0 aliphatic carbocycles. The zero-order chi connectivity index (χ0) is 57.7. The van der Waals surface area contributed by atoms with E-state index in [0.717, 1.165) is 83.5 Å². The van der Waals surface area contributed by atoms with E-state index in [0.29, 0.717) is 17.4 Å². The number of rotatable bonds is 60. The highest BCUT2D eigenvalue weighted by molar-refractivity contribution is 7.47. The van der Waals surface area contributed by atoms with Crippen LogP contribution in [0.2, 0.25) is 0 Å². The van der Waals surface area contributed by atoms with Crippen LogP contribution in [0.15, 0.2) is 85.1 Å². The number of unbranched alkanes of at least 4 members (excludes halogenated alkanes) is 32. The Kier molecular flexibility index (Phi) is 57.7. The molecular weight excluding hydrogens is 1000 g/mol. The summed E-state index contributed by atoms with van der Waals surface area (Å²) < 4.78 is 34.6. The molecule has 10 heteroatoms. The first-order valence-corrected chi connectivity index (χ1v) is 34.3. The first-order valence-electron chi connectivity index (χ1n) is 32.8. The van der Waals surface area contributed by atoms with Crippen LogP contribution in [-0.4, -0.2) is 74.9 Å². The molecule has 458 valence electrons. The van der Waals surface area contributed by atoms with Crippen molar-refractivity contribution in [3.63, 3.8) is 0 Å². The van der Waals surface area contributed by atoms with E-state index in [1.807, 2.05) is 21.1 Å². The van der Waals surface area contributed by atoms with Gasteiger partial charge < -0.3 is 18.9 Å². The fourth-order valence-electron chi connectivity index (χ4n) is 9.17. The third-order valence-electron chi connectivity index (χ3n) is 14.2. The molecule has 0 rings (SSSR count). The lowest BCUT2D eigenvalue weighted by Gasteiger charge is -2.24. The van der Waals surface area contributed by atoms with Gasteiger partial charge in [-0.15, -0.1) is 0 Å². The average Bonchev–Trinajstić information content (AvgIpc) is 3.41. The molecule has 9 nitrogen and oxygen atoms in total. The predicted octanol–water partition coefficient (Wildman–Crippen LogP) is 21.0. The van der Waals surface area contributed by atoms with Crippen LogP contribution in [0.5, 0.6) is 0 Å². The highest BCUT2D eigenvalue weighted by atomic mass is 31.2. The molecule has 0 aliphatic heterocycles. The number of allylic oxidation sites excluding steroid dienone is 14. The number of carbonyl (C=O) groups is 2. The molecule has 1 N–H and O–H groups in total. The largest absolute Gasteiger partial charge is 0.472 e. The summed E-state index contributed by atoms with van der Waals surface area (Å²) >= 11 is 0. The van der Waals surface area contributed by atoms with Crippen molar-refractivity contribution in [3.8, 4) is 0 Å². The van der Waals surface area contributed by atoms with Crippen molar-refractivity contribution < 1.29 is 42.1 Å². The summed E-state index contributed by atoms with van der Waals surface area (Å²) in [5.74, 6) is -0.830. The zero-order valence-corrected chi connectivity index (χ0v) is 53.0. The van der Waals surface area contributed by atoms with Crippen molar-refractivity contribution in [2.75, 3.05) is 47.5 Å². The van der Waals surface area contributed by atoms with E-state index in [2.05, 4.69) is 98.9 Å². The van der Waals surface area contributed by atoms with Gasteiger partial charge in [-0.1, -0.05) is 292 Å². The minimum absolute atomic E-state index is 0.0219. The number of hydrogen-bond donors (Lipinski definition) is 1. The van der Waals surface area contributed by atoms with Crippen LogP contribution in [0, 0.1) is 0 Å². The quantitative estimate of drug-likeness (QED) is 0.0211. The molecule has 2 unspecified atom stereocenters. The molecule has 2 atom stereocenters. The third-order valence-corrected chi connectivity index (χ3v) is 15.2. The van der Waals surface area contributed by atoms with Gasteiger partial charge in [0.15, 0.2) is 6.10 Å². The standard InChI is InChI=1S/C69H124NO8P/c1-6-8-10-12-14-16-18-20-22-24-26-28-30-32-33-34-35-36-38-39-41-43-45-47-49-51-53-55-57-59-61-68(71)75-65-67(66-77-79(73,74)76-64-63-70(3,4)5)78-69(72)62-60-58-56-54-52-50-48-46-44-42-40-37-31-29-27-25-23-21-19-17-15-13-11-9-7-2/h9,11,15,17,21,23,27,29,37,40,44,46,50,52,67H,6-8,10,12-14,16,18-20,22,24-26,28,30-36,38-39,41-43,45,47-49,51,53-66H2,1-5H3/p+1/b11-9-,17-15-,23-21-,29-27-,40-37-,46-44-,52-50-. The van der Waals surface area contributed by atoms with E-state index >= 15 is 0 Å². The molecule has 0 aliphatic rings. The minimum Gasteiger partial charge on any atom is -0.462 e. The molecule has 0 spiro atoms. The van der Waals surface area contributed by atoms with Crippen LogP contribution in [0.25, 0.3) is 0 Å². The zero-order valence-electron chi connectivity index (χ0n) is 52.1. The molecule has 0 fully saturated rings. The second kappa shape index (κ2) is 59.8. The second-order valence-electron chi connectivity index (χ2n) is 23.1. The van der Waals surface area contributed by atoms with Gasteiger partial charge in [-0.25, -0.2) is 4.57 Å². The number of nitrogens with zero attached hydrogens (tertiary/aromatic N) is 1. The monoisotopic (exact) mass is 1130 g/mol. The van der Waals surface area contributed by atoms with Gasteiger partial charge in [0.2, 0.25) is 0 Å². The van der Waals surface area contributed by atoms with Gasteiger partial charge in [-0.2, -0.15) is 0 Å². The van der Waals surface area contributed by atoms with Crippen LogP contribution in [-0.2, 0) is 32.7 Å². The van der Waals surface area contributed by atoms with Crippen molar-refractivity contribution >= 4 is 19.8 Å². The second-order valence-corrected chi connectivity index (χ2v) is 24.6. The van der Waals surface area contributed by atoms with Gasteiger partial charge in [-0.3, -0.25) is 18.6 Å². The lowest BCUT2D eigenvalue weighted by atomic mass is 10.0. The molecule has 0 aromatic heterocycles. The van der Waals surface area contributed by atoms with E-state index in [9.17, 15) is 19.0 Å². The van der Waals surface area contributed by atoms with Gasteiger partial charge in [0, 0.05) is 12.8 Å². The Morgan fingerprint density at radius 1 is 0.405 bits per heavy atom. The SMILES string of the molecule is CC/C=C\C/C=C\C/C=C\C/C=C\C/C=C\C/C=C\C/C=C\CCCCCC(=O)OC(COC(=O)CCCCCCCCCCCCCCCCCCCCCCCCCCCCCCCC)COP(=O)(O)OCC[N+](C)(C)C. The Labute approximate surface area is 488 Å². The van der Waals surface area contributed by atoms with Crippen molar-refractivity contribution in [3.05, 3.63) is 85.1 Å². The fourth-order valence-corrected chi connectivity index (χ4v) is 9.92. The lowest BCUT2D eigenvalue weighted by Crippen LogP contribution is -2.37. The number of carbonyl (C=O) groups excluding carboxylic acids is 2. The number of phosphoric acid groups is 1. The van der Waals surface area contributed by atoms with Crippen molar-refractivity contribution in [1.82, 2.24) is 0 Å². The van der Waals surface area contributed by atoms with Gasteiger partial charge in [0.1, 0.15) is 19.8 Å². The maximum Gasteiger partial charge on any atom is 0.472 e. The predicted molar refractivity (Wildman–Crippen MR) is 339 cm³/mol. The molecule has 0 saturated carbocycles. The van der Waals surface area contributed by atoms with Crippen LogP contribution in [0.1, 0.15) is 290 Å². The molecule has 0 bridgehead atoms. The molecule has 0 heterocycles. The number of ether oxygens (including phenoxy) is 2. The summed E-state index contributed by atoms with van der Waals surface area (Å²) in [7, 11) is 1.45. The Bertz CT molecular complexity index is 1610. The van der Waals surface area contributed by atoms with Crippen molar-refractivity contribution in [2.45, 2.75) is 296 Å². The number of likely N-dealkylation sites (N-methyl/N-ethyl adjacent to an activating group) is 1. The molecule has 0 aromatic carbocycles. The summed E-state index contributed by atoms with van der Waals surface area (Å²) in [6.45, 7) is 4.31. The first kappa shape index (κ1) is 76.2. The van der Waals surface area contributed by atoms with Crippen molar-refractivity contribution in [1.29, 1.82) is 0 Å². The summed E-state index contributed by atoms with van der Waals surface area (Å²) in [5, 5.41) is 0. The smallest absolute Gasteiger partial charge is 0.462 e. The molecule has 0 aromatic rings. The average molecular weight is 1130 g/mol. The molecule has 79 heavy (non-hydrogen) atoms. The number of hydrogen-bond acceptors (Lipinski definition) is 7. The summed E-state index contributed by atoms with van der Waals surface area (Å²) in [6, 6.07) is 0. The normalized spacial score (nSPS) is 13.7. The van der Waals surface area contributed by atoms with Crippen molar-refractivity contribution in [2.24, 2.45) is 0 Å². The first-order chi connectivity index (χ1) is 38.5. The van der Waals surface area contributed by atoms with E-state index < -0.39 is 26.5 Å². The highest BCUT2D eigenvalue weighted by Crippen LogP contribution is 2.43. The topological polar surface area (TPSA) is 108 Å². The van der Waals surface area contributed by atoms with Gasteiger partial charge in [0.05, 0.1) is 27.7 Å². The van der Waals surface area contributed by atoms with Crippen LogP contribution in [0.4, 0.5) is 0 Å². The molecule has 0 radical (unpaired) electrons. The summed E-state index contributed by atoms with van der Waals surface area (Å²) in [4.78, 5) is 35.8. The van der Waals surface area contributed by atoms with E-state index in [1.54, 1.807) is 0 Å². The molecular formula is C69H125NO8P+. The fraction of sp³-hybridized carbons (Fsp3) is 0.768. The maximum absolute atomic E-state index is 12.8. The van der Waals surface area contributed by atoms with Crippen LogP contribution < -0.4 is 0 Å². The van der Waals surface area contributed by atoms with Crippen LogP contribution >= 0.6 is 7.82 Å². The molecule has 0 saturated heterocycles. The van der Waals surface area contributed by atoms with Gasteiger partial charge in [-0.05, 0) is 70.6 Å². The van der Waals surface area contributed by atoms with Crippen LogP contribution in [0.3, 0.4) is 0 Å². The Morgan fingerprint density at radius 3 is 1.08 bits per heavy atom. The number of esters is 2. The van der Waals surface area contributed by atoms with Gasteiger partial charge >= 0.3 is 19.8 Å². The minimum atomic E-state index is -4.40. The van der Waals surface area contributed by atoms with E-state index in [1.165, 1.54) is 173 Å². The Morgan fingerprint density at radius 2 is 0.722 bits per heavy atom. The van der Waals surface area contributed by atoms with Gasteiger partial charge in [0.25, 0.3) is 0 Å². The lowest BCUT2D eigenvalue weighted by molar-refractivity contribution is -0.870. The maximum atomic E-state index is 12.8. The summed E-state index contributed by atoms with van der Waals surface area (Å²) in [5.41, 5.74) is 0. The third kappa shape index (κ3) is 64.2. The Balaban J connectivity index is 4.12.